The summed E-state index contributed by atoms with van der Waals surface area (Å²) < 4.78 is 19.0. The lowest BCUT2D eigenvalue weighted by molar-refractivity contribution is 0.0619. The standard InChI is InChI=1S/C32H33N3O4/c1-3-17-37-29-6-4-5-27-26(29)19-28(35(27)21-24-9-7-23(2)8-10-24)32(36)34-15-13-33(14-16-34)20-25-11-12-30-31(18-25)39-22-38-30/h3-12,18-19H,1,13-17,20-22H2,2H3. The van der Waals surface area contributed by atoms with E-state index >= 15 is 0 Å². The third-order valence-corrected chi connectivity index (χ3v) is 7.45. The highest BCUT2D eigenvalue weighted by atomic mass is 16.7. The third-order valence-electron chi connectivity index (χ3n) is 7.45. The van der Waals surface area contributed by atoms with Crippen molar-refractivity contribution in [3.8, 4) is 17.2 Å². The Morgan fingerprint density at radius 3 is 2.49 bits per heavy atom. The zero-order chi connectivity index (χ0) is 26.8. The Balaban J connectivity index is 1.22. The molecule has 0 atom stereocenters. The molecular formula is C32H33N3O4. The van der Waals surface area contributed by atoms with Crippen molar-refractivity contribution in [2.75, 3.05) is 39.6 Å². The van der Waals surface area contributed by atoms with Crippen LogP contribution in [0.15, 0.2) is 79.4 Å². The lowest BCUT2D eigenvalue weighted by Gasteiger charge is -2.35. The number of aromatic nitrogens is 1. The van der Waals surface area contributed by atoms with Gasteiger partial charge in [0.2, 0.25) is 6.79 Å². The second-order valence-electron chi connectivity index (χ2n) is 10.1. The number of aryl methyl sites for hydroxylation is 1. The molecule has 1 aromatic heterocycles. The van der Waals surface area contributed by atoms with Gasteiger partial charge in [0.15, 0.2) is 11.5 Å². The Morgan fingerprint density at radius 1 is 0.923 bits per heavy atom. The average Bonchev–Trinajstić information content (AvgIpc) is 3.58. The number of hydrogen-bond donors (Lipinski definition) is 0. The van der Waals surface area contributed by atoms with E-state index in [-0.39, 0.29) is 12.7 Å². The van der Waals surface area contributed by atoms with Crippen molar-refractivity contribution in [2.45, 2.75) is 20.0 Å². The van der Waals surface area contributed by atoms with Gasteiger partial charge in [-0.05, 0) is 48.4 Å². The Morgan fingerprint density at radius 2 is 1.69 bits per heavy atom. The van der Waals surface area contributed by atoms with Crippen LogP contribution < -0.4 is 14.2 Å². The fourth-order valence-corrected chi connectivity index (χ4v) is 5.32. The van der Waals surface area contributed by atoms with Gasteiger partial charge < -0.3 is 23.7 Å². The van der Waals surface area contributed by atoms with E-state index in [1.54, 1.807) is 6.08 Å². The second kappa shape index (κ2) is 10.9. The van der Waals surface area contributed by atoms with Crippen molar-refractivity contribution < 1.29 is 19.0 Å². The summed E-state index contributed by atoms with van der Waals surface area (Å²) in [6.45, 7) is 10.9. The molecule has 0 unspecified atom stereocenters. The number of fused-ring (bicyclic) bond motifs is 2. The molecular weight excluding hydrogens is 490 g/mol. The highest BCUT2D eigenvalue weighted by Crippen LogP contribution is 2.33. The van der Waals surface area contributed by atoms with Gasteiger partial charge in [0.1, 0.15) is 18.1 Å². The molecule has 7 heteroatoms. The molecule has 1 fully saturated rings. The van der Waals surface area contributed by atoms with Crippen LogP contribution in [0.5, 0.6) is 17.2 Å². The topological polar surface area (TPSA) is 56.2 Å². The molecule has 2 aliphatic rings. The number of carbonyl (C=O) groups excluding carboxylic acids is 1. The second-order valence-corrected chi connectivity index (χ2v) is 10.1. The molecule has 200 valence electrons. The first kappa shape index (κ1) is 25.1. The minimum Gasteiger partial charge on any atom is -0.489 e. The van der Waals surface area contributed by atoms with Crippen LogP contribution in [0.2, 0.25) is 0 Å². The summed E-state index contributed by atoms with van der Waals surface area (Å²) >= 11 is 0. The van der Waals surface area contributed by atoms with Gasteiger partial charge >= 0.3 is 0 Å². The van der Waals surface area contributed by atoms with Crippen molar-refractivity contribution in [1.82, 2.24) is 14.4 Å². The molecule has 0 saturated carbocycles. The number of piperazine rings is 1. The zero-order valence-electron chi connectivity index (χ0n) is 22.3. The quantitative estimate of drug-likeness (QED) is 0.295. The van der Waals surface area contributed by atoms with E-state index in [0.717, 1.165) is 53.3 Å². The number of carbonyl (C=O) groups is 1. The summed E-state index contributed by atoms with van der Waals surface area (Å²) in [5.74, 6) is 2.42. The largest absolute Gasteiger partial charge is 0.489 e. The SMILES string of the molecule is C=CCOc1cccc2c1cc(C(=O)N1CCN(Cc3ccc4c(c3)OCO4)CC1)n2Cc1ccc(C)cc1. The predicted molar refractivity (Wildman–Crippen MR) is 152 cm³/mol. The van der Waals surface area contributed by atoms with Gasteiger partial charge in [-0.15, -0.1) is 0 Å². The van der Waals surface area contributed by atoms with Gasteiger partial charge in [-0.25, -0.2) is 0 Å². The van der Waals surface area contributed by atoms with Crippen molar-refractivity contribution in [3.63, 3.8) is 0 Å². The molecule has 39 heavy (non-hydrogen) atoms. The van der Waals surface area contributed by atoms with Crippen LogP contribution in [0.25, 0.3) is 10.9 Å². The van der Waals surface area contributed by atoms with Crippen LogP contribution in [0.1, 0.15) is 27.2 Å². The van der Waals surface area contributed by atoms with Crippen molar-refractivity contribution in [2.24, 2.45) is 0 Å². The van der Waals surface area contributed by atoms with Gasteiger partial charge in [0.05, 0.1) is 5.52 Å². The summed E-state index contributed by atoms with van der Waals surface area (Å²) in [4.78, 5) is 18.3. The molecule has 1 amide bonds. The maximum Gasteiger partial charge on any atom is 0.270 e. The van der Waals surface area contributed by atoms with E-state index in [9.17, 15) is 4.79 Å². The van der Waals surface area contributed by atoms with Gasteiger partial charge in [0.25, 0.3) is 5.91 Å². The third kappa shape index (κ3) is 5.22. The molecule has 0 spiro atoms. The molecule has 4 aromatic rings. The van der Waals surface area contributed by atoms with Crippen LogP contribution in [0.3, 0.4) is 0 Å². The summed E-state index contributed by atoms with van der Waals surface area (Å²) in [7, 11) is 0. The number of hydrogen-bond acceptors (Lipinski definition) is 5. The highest BCUT2D eigenvalue weighted by Gasteiger charge is 2.26. The van der Waals surface area contributed by atoms with E-state index < -0.39 is 0 Å². The van der Waals surface area contributed by atoms with E-state index in [2.05, 4.69) is 65.4 Å². The number of amides is 1. The fraction of sp³-hybridized carbons (Fsp3) is 0.281. The normalized spacial score (nSPS) is 15.1. The molecule has 6 rings (SSSR count). The lowest BCUT2D eigenvalue weighted by atomic mass is 10.1. The first-order chi connectivity index (χ1) is 19.1. The summed E-state index contributed by atoms with van der Waals surface area (Å²) in [6.07, 6.45) is 1.73. The Hall–Kier alpha value is -4.23. The van der Waals surface area contributed by atoms with E-state index in [0.29, 0.717) is 31.9 Å². The summed E-state index contributed by atoms with van der Waals surface area (Å²) in [5.41, 5.74) is 5.22. The Bertz CT molecular complexity index is 1500. The molecule has 0 bridgehead atoms. The van der Waals surface area contributed by atoms with Gasteiger partial charge in [-0.2, -0.15) is 0 Å². The Kier molecular flexibility index (Phi) is 6.99. The monoisotopic (exact) mass is 523 g/mol. The van der Waals surface area contributed by atoms with E-state index in [1.807, 2.05) is 29.2 Å². The lowest BCUT2D eigenvalue weighted by Crippen LogP contribution is -2.48. The van der Waals surface area contributed by atoms with Gasteiger partial charge in [-0.3, -0.25) is 9.69 Å². The maximum atomic E-state index is 14.0. The molecule has 0 aliphatic carbocycles. The van der Waals surface area contributed by atoms with Crippen molar-refractivity contribution in [3.05, 3.63) is 102 Å². The fourth-order valence-electron chi connectivity index (χ4n) is 5.32. The van der Waals surface area contributed by atoms with Crippen LogP contribution in [-0.4, -0.2) is 59.9 Å². The predicted octanol–water partition coefficient (Wildman–Crippen LogP) is 5.25. The number of ether oxygens (including phenoxy) is 3. The highest BCUT2D eigenvalue weighted by molar-refractivity contribution is 6.00. The molecule has 1 saturated heterocycles. The molecule has 3 heterocycles. The molecule has 2 aliphatic heterocycles. The minimum atomic E-state index is 0.0516. The minimum absolute atomic E-state index is 0.0516. The first-order valence-electron chi connectivity index (χ1n) is 13.4. The zero-order valence-corrected chi connectivity index (χ0v) is 22.3. The number of benzene rings is 3. The van der Waals surface area contributed by atoms with Crippen LogP contribution in [0.4, 0.5) is 0 Å². The van der Waals surface area contributed by atoms with Crippen LogP contribution in [0, 0.1) is 6.92 Å². The van der Waals surface area contributed by atoms with Crippen molar-refractivity contribution in [1.29, 1.82) is 0 Å². The maximum absolute atomic E-state index is 14.0. The van der Waals surface area contributed by atoms with E-state index in [4.69, 9.17) is 14.2 Å². The summed E-state index contributed by atoms with van der Waals surface area (Å²) in [6, 6.07) is 22.6. The van der Waals surface area contributed by atoms with Gasteiger partial charge in [0, 0.05) is 44.7 Å². The molecule has 0 N–H and O–H groups in total. The molecule has 0 radical (unpaired) electrons. The number of nitrogens with zero attached hydrogens (tertiary/aromatic N) is 3. The van der Waals surface area contributed by atoms with Crippen LogP contribution in [-0.2, 0) is 13.1 Å². The molecule has 3 aromatic carbocycles. The van der Waals surface area contributed by atoms with Crippen molar-refractivity contribution >= 4 is 16.8 Å². The average molecular weight is 524 g/mol. The molecule has 7 nitrogen and oxygen atoms in total. The number of rotatable bonds is 8. The smallest absolute Gasteiger partial charge is 0.270 e. The Labute approximate surface area is 228 Å². The summed E-state index contributed by atoms with van der Waals surface area (Å²) in [5, 5.41) is 0.941. The first-order valence-corrected chi connectivity index (χ1v) is 13.4. The van der Waals surface area contributed by atoms with Gasteiger partial charge in [-0.1, -0.05) is 54.6 Å². The van der Waals surface area contributed by atoms with E-state index in [1.165, 1.54) is 11.1 Å². The van der Waals surface area contributed by atoms with Crippen LogP contribution >= 0.6 is 0 Å².